The summed E-state index contributed by atoms with van der Waals surface area (Å²) in [6.07, 6.45) is 3.90. The molecule has 0 aliphatic heterocycles. The number of aromatic nitrogens is 1. The Bertz CT molecular complexity index is 321. The van der Waals surface area contributed by atoms with Gasteiger partial charge in [-0.3, -0.25) is 0 Å². The van der Waals surface area contributed by atoms with E-state index >= 15 is 0 Å². The first-order valence-corrected chi connectivity index (χ1v) is 7.28. The first-order valence-electron chi connectivity index (χ1n) is 6.40. The number of nitrogens with two attached hydrogens (primary N) is 1. The van der Waals surface area contributed by atoms with Crippen LogP contribution in [-0.2, 0) is 6.42 Å². The molecule has 0 fully saturated rings. The summed E-state index contributed by atoms with van der Waals surface area (Å²) < 4.78 is 0. The number of rotatable bonds is 6. The van der Waals surface area contributed by atoms with Crippen LogP contribution in [0, 0.1) is 5.92 Å². The maximum absolute atomic E-state index is 5.93. The van der Waals surface area contributed by atoms with Gasteiger partial charge in [0.25, 0.3) is 0 Å². The van der Waals surface area contributed by atoms with Crippen LogP contribution in [0.1, 0.15) is 39.7 Å². The van der Waals surface area contributed by atoms with E-state index < -0.39 is 0 Å². The molecular formula is C14H24N2S. The van der Waals surface area contributed by atoms with Crippen LogP contribution < -0.4 is 5.73 Å². The largest absolute Gasteiger partial charge is 0.327 e. The van der Waals surface area contributed by atoms with E-state index in [1.165, 1.54) is 5.56 Å². The summed E-state index contributed by atoms with van der Waals surface area (Å²) >= 11 is 1.84. The predicted molar refractivity (Wildman–Crippen MR) is 76.4 cm³/mol. The maximum Gasteiger partial charge on any atom is 0.0962 e. The molecule has 0 saturated carbocycles. The van der Waals surface area contributed by atoms with Crippen molar-refractivity contribution in [1.82, 2.24) is 4.98 Å². The molecule has 0 bridgehead atoms. The van der Waals surface area contributed by atoms with Gasteiger partial charge in [0.2, 0.25) is 0 Å². The Kier molecular flexibility index (Phi) is 6.00. The molecule has 1 aromatic heterocycles. The van der Waals surface area contributed by atoms with Gasteiger partial charge in [-0.05, 0) is 30.4 Å². The predicted octanol–water partition coefficient (Wildman–Crippen LogP) is 3.50. The molecule has 0 amide bonds. The normalized spacial score (nSPS) is 14.9. The van der Waals surface area contributed by atoms with E-state index in [-0.39, 0.29) is 6.04 Å². The molecule has 3 heteroatoms. The smallest absolute Gasteiger partial charge is 0.0962 e. The lowest BCUT2D eigenvalue weighted by atomic mass is 10.1. The minimum absolute atomic E-state index is 0.255. The van der Waals surface area contributed by atoms with Crippen molar-refractivity contribution in [2.75, 3.05) is 0 Å². The van der Waals surface area contributed by atoms with Crippen LogP contribution in [0.4, 0.5) is 0 Å². The van der Waals surface area contributed by atoms with Gasteiger partial charge in [0.05, 0.1) is 5.03 Å². The molecule has 0 aliphatic carbocycles. The highest BCUT2D eigenvalue weighted by molar-refractivity contribution is 7.99. The third kappa shape index (κ3) is 5.09. The Morgan fingerprint density at radius 1 is 1.29 bits per heavy atom. The van der Waals surface area contributed by atoms with E-state index in [1.54, 1.807) is 0 Å². The van der Waals surface area contributed by atoms with Crippen LogP contribution in [-0.4, -0.2) is 16.3 Å². The summed E-state index contributed by atoms with van der Waals surface area (Å²) in [5.41, 5.74) is 7.17. The molecule has 2 unspecified atom stereocenters. The Balaban J connectivity index is 2.56. The number of thioether (sulfide) groups is 1. The lowest BCUT2D eigenvalue weighted by molar-refractivity contribution is 0.640. The van der Waals surface area contributed by atoms with Crippen LogP contribution in [0.3, 0.4) is 0 Å². The topological polar surface area (TPSA) is 38.9 Å². The fraction of sp³-hybridized carbons (Fsp3) is 0.643. The molecule has 0 spiro atoms. The Morgan fingerprint density at radius 3 is 2.47 bits per heavy atom. The SMILES string of the molecule is CCC(N)Cc1ccc(SC(C)C(C)C)nc1. The van der Waals surface area contributed by atoms with E-state index in [1.807, 2.05) is 18.0 Å². The van der Waals surface area contributed by atoms with Gasteiger partial charge < -0.3 is 5.73 Å². The first-order chi connectivity index (χ1) is 8.02. The Morgan fingerprint density at radius 2 is 2.00 bits per heavy atom. The van der Waals surface area contributed by atoms with Crippen LogP contribution in [0.2, 0.25) is 0 Å². The highest BCUT2D eigenvalue weighted by atomic mass is 32.2. The summed E-state index contributed by atoms with van der Waals surface area (Å²) in [5, 5.41) is 1.71. The van der Waals surface area contributed by atoms with Crippen LogP contribution in [0.15, 0.2) is 23.4 Å². The molecule has 96 valence electrons. The highest BCUT2D eigenvalue weighted by Crippen LogP contribution is 2.26. The zero-order chi connectivity index (χ0) is 12.8. The van der Waals surface area contributed by atoms with Crippen molar-refractivity contribution in [2.24, 2.45) is 11.7 Å². The minimum atomic E-state index is 0.255. The van der Waals surface area contributed by atoms with Gasteiger partial charge in [-0.25, -0.2) is 4.98 Å². The summed E-state index contributed by atoms with van der Waals surface area (Å²) in [5.74, 6) is 0.676. The van der Waals surface area contributed by atoms with Crippen molar-refractivity contribution in [2.45, 2.75) is 56.9 Å². The van der Waals surface area contributed by atoms with E-state index in [4.69, 9.17) is 5.73 Å². The van der Waals surface area contributed by atoms with Crippen molar-refractivity contribution >= 4 is 11.8 Å². The first kappa shape index (κ1) is 14.5. The average molecular weight is 252 g/mol. The van der Waals surface area contributed by atoms with Crippen LogP contribution in [0.25, 0.3) is 0 Å². The van der Waals surface area contributed by atoms with Crippen LogP contribution >= 0.6 is 11.8 Å². The number of pyridine rings is 1. The Labute approximate surface area is 109 Å². The van der Waals surface area contributed by atoms with Crippen molar-refractivity contribution < 1.29 is 0 Å². The molecule has 1 rings (SSSR count). The molecule has 1 heterocycles. The second kappa shape index (κ2) is 7.02. The molecule has 2 nitrogen and oxygen atoms in total. The van der Waals surface area contributed by atoms with E-state index in [9.17, 15) is 0 Å². The lowest BCUT2D eigenvalue weighted by Crippen LogP contribution is -2.21. The fourth-order valence-corrected chi connectivity index (χ4v) is 2.29. The van der Waals surface area contributed by atoms with Crippen molar-refractivity contribution in [3.8, 4) is 0 Å². The highest BCUT2D eigenvalue weighted by Gasteiger charge is 2.09. The lowest BCUT2D eigenvalue weighted by Gasteiger charge is -2.14. The molecule has 17 heavy (non-hydrogen) atoms. The maximum atomic E-state index is 5.93. The number of hydrogen-bond acceptors (Lipinski definition) is 3. The van der Waals surface area contributed by atoms with Gasteiger partial charge in [-0.15, -0.1) is 11.8 Å². The third-order valence-electron chi connectivity index (χ3n) is 3.07. The van der Waals surface area contributed by atoms with Gasteiger partial charge in [0.1, 0.15) is 0 Å². The average Bonchev–Trinajstić information content (AvgIpc) is 2.31. The van der Waals surface area contributed by atoms with Crippen LogP contribution in [0.5, 0.6) is 0 Å². The molecular weight excluding hydrogens is 228 g/mol. The summed E-state index contributed by atoms with van der Waals surface area (Å²) in [4.78, 5) is 4.50. The molecule has 0 saturated heterocycles. The van der Waals surface area contributed by atoms with Gasteiger partial charge >= 0.3 is 0 Å². The summed E-state index contributed by atoms with van der Waals surface area (Å²) in [7, 11) is 0. The van der Waals surface area contributed by atoms with Crippen molar-refractivity contribution in [3.63, 3.8) is 0 Å². The summed E-state index contributed by atoms with van der Waals surface area (Å²) in [6, 6.07) is 4.52. The molecule has 0 radical (unpaired) electrons. The van der Waals surface area contributed by atoms with Crippen molar-refractivity contribution in [1.29, 1.82) is 0 Å². The molecule has 2 N–H and O–H groups in total. The molecule has 2 atom stereocenters. The number of nitrogens with zero attached hydrogens (tertiary/aromatic N) is 1. The van der Waals surface area contributed by atoms with E-state index in [2.05, 4.69) is 44.8 Å². The van der Waals surface area contributed by atoms with Crippen molar-refractivity contribution in [3.05, 3.63) is 23.9 Å². The van der Waals surface area contributed by atoms with Gasteiger partial charge in [-0.1, -0.05) is 33.8 Å². The second-order valence-electron chi connectivity index (χ2n) is 4.94. The van der Waals surface area contributed by atoms with Gasteiger partial charge in [0.15, 0.2) is 0 Å². The Hall–Kier alpha value is -0.540. The quantitative estimate of drug-likeness (QED) is 0.788. The summed E-state index contributed by atoms with van der Waals surface area (Å²) in [6.45, 7) is 8.85. The molecule has 0 aliphatic rings. The minimum Gasteiger partial charge on any atom is -0.327 e. The zero-order valence-corrected chi connectivity index (χ0v) is 12.1. The fourth-order valence-electron chi connectivity index (χ4n) is 1.38. The molecule has 0 aromatic carbocycles. The van der Waals surface area contributed by atoms with E-state index in [0.29, 0.717) is 11.2 Å². The number of hydrogen-bond donors (Lipinski definition) is 1. The van der Waals surface area contributed by atoms with E-state index in [0.717, 1.165) is 17.9 Å². The second-order valence-corrected chi connectivity index (χ2v) is 6.34. The monoisotopic (exact) mass is 252 g/mol. The zero-order valence-electron chi connectivity index (χ0n) is 11.3. The third-order valence-corrected chi connectivity index (χ3v) is 4.46. The molecule has 1 aromatic rings. The van der Waals surface area contributed by atoms with Gasteiger partial charge in [0, 0.05) is 17.5 Å². The van der Waals surface area contributed by atoms with Gasteiger partial charge in [-0.2, -0.15) is 0 Å². The standard InChI is InChI=1S/C14H24N2S/c1-5-13(15)8-12-6-7-14(16-9-12)17-11(4)10(2)3/h6-7,9-11,13H,5,8,15H2,1-4H3.